The molecule has 1 heterocycles. The third-order valence-electron chi connectivity index (χ3n) is 2.32. The van der Waals surface area contributed by atoms with E-state index in [4.69, 9.17) is 10.5 Å². The molecule has 74 valence electrons. The molecule has 0 fully saturated rings. The van der Waals surface area contributed by atoms with Gasteiger partial charge in [-0.1, -0.05) is 0 Å². The molecule has 0 saturated heterocycles. The summed E-state index contributed by atoms with van der Waals surface area (Å²) in [5.74, 6) is 0.689. The van der Waals surface area contributed by atoms with Crippen molar-refractivity contribution in [3.63, 3.8) is 0 Å². The van der Waals surface area contributed by atoms with Crippen molar-refractivity contribution in [3.8, 4) is 0 Å². The molecule has 0 aromatic carbocycles. The highest BCUT2D eigenvalue weighted by atomic mass is 16.5. The van der Waals surface area contributed by atoms with Crippen LogP contribution in [0.5, 0.6) is 0 Å². The summed E-state index contributed by atoms with van der Waals surface area (Å²) in [5, 5.41) is 4.29. The van der Waals surface area contributed by atoms with Gasteiger partial charge >= 0.3 is 0 Å². The highest BCUT2D eigenvalue weighted by molar-refractivity contribution is 5.30. The average molecular weight is 183 g/mol. The molecule has 0 aliphatic carbocycles. The highest BCUT2D eigenvalue weighted by Gasteiger charge is 2.16. The van der Waals surface area contributed by atoms with Crippen LogP contribution in [0, 0.1) is 6.92 Å². The topological polar surface area (TPSA) is 53.1 Å². The molecule has 0 spiro atoms. The van der Waals surface area contributed by atoms with Gasteiger partial charge in [0.25, 0.3) is 0 Å². The second-order valence-corrected chi connectivity index (χ2v) is 3.34. The lowest BCUT2D eigenvalue weighted by atomic mass is 10.2. The Labute approximate surface area is 78.7 Å². The Morgan fingerprint density at radius 3 is 2.54 bits per heavy atom. The van der Waals surface area contributed by atoms with Crippen LogP contribution >= 0.6 is 0 Å². The molecule has 1 aromatic heterocycles. The van der Waals surface area contributed by atoms with E-state index in [0.717, 1.165) is 5.69 Å². The normalized spacial score (nSPS) is 15.7. The number of ether oxygens (including phenoxy) is 1. The number of methoxy groups -OCH3 is 1. The fourth-order valence-corrected chi connectivity index (χ4v) is 1.26. The van der Waals surface area contributed by atoms with Crippen molar-refractivity contribution in [2.45, 2.75) is 32.9 Å². The van der Waals surface area contributed by atoms with Crippen molar-refractivity contribution in [1.82, 2.24) is 9.78 Å². The van der Waals surface area contributed by atoms with Crippen LogP contribution in [0.1, 0.15) is 25.6 Å². The molecule has 1 rings (SSSR count). The van der Waals surface area contributed by atoms with Crippen molar-refractivity contribution in [2.24, 2.45) is 0 Å². The molecular formula is C9H17N3O. The van der Waals surface area contributed by atoms with Gasteiger partial charge in [-0.05, 0) is 20.8 Å². The Bertz CT molecular complexity index is 282. The summed E-state index contributed by atoms with van der Waals surface area (Å²) >= 11 is 0. The van der Waals surface area contributed by atoms with Crippen LogP contribution in [0.25, 0.3) is 0 Å². The van der Waals surface area contributed by atoms with Gasteiger partial charge in [0.2, 0.25) is 0 Å². The Morgan fingerprint density at radius 1 is 1.54 bits per heavy atom. The Balaban J connectivity index is 2.87. The number of nitrogens with zero attached hydrogens (tertiary/aromatic N) is 2. The van der Waals surface area contributed by atoms with Gasteiger partial charge in [0.1, 0.15) is 5.82 Å². The first-order valence-electron chi connectivity index (χ1n) is 4.40. The maximum atomic E-state index is 5.78. The van der Waals surface area contributed by atoms with Crippen LogP contribution in [0.15, 0.2) is 6.07 Å². The minimum Gasteiger partial charge on any atom is -0.384 e. The number of rotatable bonds is 3. The number of nitrogen functional groups attached to an aromatic ring is 1. The van der Waals surface area contributed by atoms with Crippen LogP contribution in [0.4, 0.5) is 5.82 Å². The van der Waals surface area contributed by atoms with Gasteiger partial charge in [-0.15, -0.1) is 0 Å². The van der Waals surface area contributed by atoms with Gasteiger partial charge in [-0.25, -0.2) is 4.68 Å². The second kappa shape index (κ2) is 3.79. The monoisotopic (exact) mass is 183 g/mol. The Kier molecular flexibility index (Phi) is 2.93. The molecule has 0 aliphatic heterocycles. The van der Waals surface area contributed by atoms with E-state index < -0.39 is 0 Å². The number of anilines is 1. The summed E-state index contributed by atoms with van der Waals surface area (Å²) < 4.78 is 7.01. The summed E-state index contributed by atoms with van der Waals surface area (Å²) in [5.41, 5.74) is 6.72. The molecule has 13 heavy (non-hydrogen) atoms. The van der Waals surface area contributed by atoms with Crippen LogP contribution in [-0.4, -0.2) is 23.0 Å². The van der Waals surface area contributed by atoms with Crippen molar-refractivity contribution in [1.29, 1.82) is 0 Å². The summed E-state index contributed by atoms with van der Waals surface area (Å²) in [4.78, 5) is 0. The van der Waals surface area contributed by atoms with Gasteiger partial charge in [-0.3, -0.25) is 0 Å². The summed E-state index contributed by atoms with van der Waals surface area (Å²) in [6.45, 7) is 5.97. The highest BCUT2D eigenvalue weighted by Crippen LogP contribution is 2.17. The third-order valence-corrected chi connectivity index (χ3v) is 2.32. The first kappa shape index (κ1) is 10.1. The van der Waals surface area contributed by atoms with Crippen LogP contribution in [-0.2, 0) is 4.74 Å². The lowest BCUT2D eigenvalue weighted by Gasteiger charge is -2.19. The van der Waals surface area contributed by atoms with Gasteiger partial charge in [0, 0.05) is 13.2 Å². The van der Waals surface area contributed by atoms with Crippen molar-refractivity contribution < 1.29 is 4.74 Å². The summed E-state index contributed by atoms with van der Waals surface area (Å²) in [6.07, 6.45) is 0.113. The SMILES string of the molecule is COC(C)C(C)n1nc(C)cc1N. The number of aromatic nitrogens is 2. The van der Waals surface area contributed by atoms with Gasteiger partial charge in [0.05, 0.1) is 17.8 Å². The maximum Gasteiger partial charge on any atom is 0.122 e. The van der Waals surface area contributed by atoms with Gasteiger partial charge in [-0.2, -0.15) is 5.10 Å². The standard InChI is InChI=1S/C9H17N3O/c1-6-5-9(10)12(11-6)7(2)8(3)13-4/h5,7-8H,10H2,1-4H3. The first-order valence-corrected chi connectivity index (χ1v) is 4.40. The van der Waals surface area contributed by atoms with E-state index in [1.165, 1.54) is 0 Å². The zero-order valence-electron chi connectivity index (χ0n) is 8.61. The molecule has 2 atom stereocenters. The molecule has 0 radical (unpaired) electrons. The van der Waals surface area contributed by atoms with E-state index in [2.05, 4.69) is 5.10 Å². The van der Waals surface area contributed by atoms with E-state index in [0.29, 0.717) is 5.82 Å². The fourth-order valence-electron chi connectivity index (χ4n) is 1.26. The van der Waals surface area contributed by atoms with E-state index >= 15 is 0 Å². The predicted molar refractivity (Wildman–Crippen MR) is 52.6 cm³/mol. The van der Waals surface area contributed by atoms with E-state index in [-0.39, 0.29) is 12.1 Å². The van der Waals surface area contributed by atoms with E-state index in [9.17, 15) is 0 Å². The molecular weight excluding hydrogens is 166 g/mol. The van der Waals surface area contributed by atoms with Gasteiger partial charge in [0.15, 0.2) is 0 Å². The van der Waals surface area contributed by atoms with Crippen LogP contribution in [0.3, 0.4) is 0 Å². The molecule has 0 aliphatic rings. The quantitative estimate of drug-likeness (QED) is 0.770. The van der Waals surface area contributed by atoms with Crippen LogP contribution < -0.4 is 5.73 Å². The average Bonchev–Trinajstić information content (AvgIpc) is 2.42. The Morgan fingerprint density at radius 2 is 2.15 bits per heavy atom. The number of hydrogen-bond acceptors (Lipinski definition) is 3. The van der Waals surface area contributed by atoms with E-state index in [1.807, 2.05) is 26.8 Å². The third kappa shape index (κ3) is 2.01. The molecule has 4 nitrogen and oxygen atoms in total. The lowest BCUT2D eigenvalue weighted by Crippen LogP contribution is -2.22. The molecule has 2 N–H and O–H groups in total. The van der Waals surface area contributed by atoms with Crippen molar-refractivity contribution in [3.05, 3.63) is 11.8 Å². The minimum absolute atomic E-state index is 0.113. The molecule has 0 saturated carbocycles. The zero-order chi connectivity index (χ0) is 10.0. The van der Waals surface area contributed by atoms with Gasteiger partial charge < -0.3 is 10.5 Å². The summed E-state index contributed by atoms with van der Waals surface area (Å²) in [7, 11) is 1.69. The zero-order valence-corrected chi connectivity index (χ0v) is 8.61. The number of aryl methyl sites for hydroxylation is 1. The van der Waals surface area contributed by atoms with Crippen molar-refractivity contribution >= 4 is 5.82 Å². The Hall–Kier alpha value is -1.03. The second-order valence-electron chi connectivity index (χ2n) is 3.34. The molecule has 4 heteroatoms. The minimum atomic E-state index is 0.113. The first-order chi connectivity index (χ1) is 6.06. The van der Waals surface area contributed by atoms with E-state index in [1.54, 1.807) is 11.8 Å². The van der Waals surface area contributed by atoms with Crippen molar-refractivity contribution in [2.75, 3.05) is 12.8 Å². The predicted octanol–water partition coefficient (Wildman–Crippen LogP) is 1.37. The maximum absolute atomic E-state index is 5.78. The summed E-state index contributed by atoms with van der Waals surface area (Å²) in [6, 6.07) is 2.03. The van der Waals surface area contributed by atoms with Crippen LogP contribution in [0.2, 0.25) is 0 Å². The fraction of sp³-hybridized carbons (Fsp3) is 0.667. The number of hydrogen-bond donors (Lipinski definition) is 1. The smallest absolute Gasteiger partial charge is 0.122 e. The largest absolute Gasteiger partial charge is 0.384 e. The molecule has 1 aromatic rings. The lowest BCUT2D eigenvalue weighted by molar-refractivity contribution is 0.0740. The molecule has 2 unspecified atom stereocenters. The molecule has 0 amide bonds. The molecule has 0 bridgehead atoms. The number of nitrogens with two attached hydrogens (primary N) is 1.